The monoisotopic (exact) mass is 218 g/mol. The highest BCUT2D eigenvalue weighted by Crippen LogP contribution is 2.24. The molecule has 2 aromatic rings. The molecule has 0 spiro atoms. The van der Waals surface area contributed by atoms with Gasteiger partial charge in [-0.15, -0.1) is 0 Å². The summed E-state index contributed by atoms with van der Waals surface area (Å²) in [5, 5.41) is 13.1. The van der Waals surface area contributed by atoms with Crippen LogP contribution < -0.4 is 5.01 Å². The van der Waals surface area contributed by atoms with Gasteiger partial charge in [0.15, 0.2) is 0 Å². The highest BCUT2D eigenvalue weighted by atomic mass is 16.5. The summed E-state index contributed by atoms with van der Waals surface area (Å²) < 4.78 is 7.19. The van der Waals surface area contributed by atoms with Crippen LogP contribution in [0.5, 0.6) is 5.88 Å². The molecule has 16 heavy (non-hydrogen) atoms. The van der Waals surface area contributed by atoms with E-state index in [2.05, 4.69) is 5.01 Å². The van der Waals surface area contributed by atoms with Crippen molar-refractivity contribution in [1.29, 1.82) is 0 Å². The van der Waals surface area contributed by atoms with Gasteiger partial charge in [-0.25, -0.2) is 4.68 Å². The predicted octanol–water partition coefficient (Wildman–Crippen LogP) is 1.32. The van der Waals surface area contributed by atoms with Crippen LogP contribution in [0.2, 0.25) is 0 Å². The highest BCUT2D eigenvalue weighted by Gasteiger charge is 2.16. The zero-order valence-corrected chi connectivity index (χ0v) is 8.97. The smallest absolute Gasteiger partial charge is 0.211 e. The Morgan fingerprint density at radius 3 is 2.69 bits per heavy atom. The van der Waals surface area contributed by atoms with E-state index in [9.17, 15) is 5.11 Å². The average molecular weight is 218 g/mol. The summed E-state index contributed by atoms with van der Waals surface area (Å²) in [6, 6.07) is 9.78. The minimum atomic E-state index is 0.295. The van der Waals surface area contributed by atoms with Crippen LogP contribution in [-0.4, -0.2) is 36.1 Å². The summed E-state index contributed by atoms with van der Waals surface area (Å²) in [4.78, 5) is 0. The van der Waals surface area contributed by atoms with E-state index in [0.717, 1.165) is 24.0 Å². The lowest BCUT2D eigenvalue weighted by Crippen LogP contribution is -2.43. The van der Waals surface area contributed by atoms with Crippen molar-refractivity contribution in [3.05, 3.63) is 30.3 Å². The Kier molecular flexibility index (Phi) is 2.22. The van der Waals surface area contributed by atoms with E-state index < -0.39 is 0 Å². The number of morpholine rings is 1. The van der Waals surface area contributed by atoms with Gasteiger partial charge in [0, 0.05) is 11.5 Å². The molecule has 4 nitrogen and oxygen atoms in total. The Bertz CT molecular complexity index is 501. The fourth-order valence-electron chi connectivity index (χ4n) is 2.18. The Hall–Kier alpha value is -1.68. The van der Waals surface area contributed by atoms with Gasteiger partial charge >= 0.3 is 0 Å². The second-order valence-corrected chi connectivity index (χ2v) is 3.94. The topological polar surface area (TPSA) is 37.6 Å². The number of nitrogens with zero attached hydrogens (tertiary/aromatic N) is 2. The number of aromatic nitrogens is 1. The Morgan fingerprint density at radius 1 is 1.12 bits per heavy atom. The Morgan fingerprint density at radius 2 is 1.88 bits per heavy atom. The maximum absolute atomic E-state index is 9.97. The molecule has 0 aliphatic carbocycles. The number of ether oxygens (including phenoxy) is 1. The lowest BCUT2D eigenvalue weighted by Gasteiger charge is -2.30. The van der Waals surface area contributed by atoms with Crippen molar-refractivity contribution >= 4 is 10.9 Å². The molecule has 84 valence electrons. The number of rotatable bonds is 1. The van der Waals surface area contributed by atoms with Crippen molar-refractivity contribution in [1.82, 2.24) is 4.68 Å². The van der Waals surface area contributed by atoms with Crippen LogP contribution in [0.15, 0.2) is 30.3 Å². The maximum atomic E-state index is 9.97. The van der Waals surface area contributed by atoms with Crippen molar-refractivity contribution in [2.24, 2.45) is 0 Å². The van der Waals surface area contributed by atoms with Crippen LogP contribution >= 0.6 is 0 Å². The van der Waals surface area contributed by atoms with Gasteiger partial charge in [-0.05, 0) is 6.07 Å². The molecule has 1 aromatic heterocycles. The van der Waals surface area contributed by atoms with Gasteiger partial charge < -0.3 is 14.9 Å². The second-order valence-electron chi connectivity index (χ2n) is 3.94. The van der Waals surface area contributed by atoms with Crippen molar-refractivity contribution in [2.75, 3.05) is 31.3 Å². The van der Waals surface area contributed by atoms with E-state index in [1.165, 1.54) is 0 Å². The molecule has 1 N–H and O–H groups in total. The predicted molar refractivity (Wildman–Crippen MR) is 62.4 cm³/mol. The minimum absolute atomic E-state index is 0.295. The quantitative estimate of drug-likeness (QED) is 0.784. The minimum Gasteiger partial charge on any atom is -0.493 e. The van der Waals surface area contributed by atoms with Gasteiger partial charge in [0.2, 0.25) is 5.88 Å². The summed E-state index contributed by atoms with van der Waals surface area (Å²) in [5.41, 5.74) is 1.04. The van der Waals surface area contributed by atoms with Crippen LogP contribution in [0, 0.1) is 0 Å². The molecule has 1 fully saturated rings. The summed E-state index contributed by atoms with van der Waals surface area (Å²) in [6.45, 7) is 3.05. The molecular weight excluding hydrogens is 204 g/mol. The number of aromatic hydroxyl groups is 1. The molecule has 0 unspecified atom stereocenters. The van der Waals surface area contributed by atoms with Gasteiger partial charge in [-0.2, -0.15) is 0 Å². The van der Waals surface area contributed by atoms with Gasteiger partial charge in [-0.3, -0.25) is 0 Å². The van der Waals surface area contributed by atoms with Crippen molar-refractivity contribution in [3.8, 4) is 5.88 Å². The lowest BCUT2D eigenvalue weighted by atomic mass is 10.2. The lowest BCUT2D eigenvalue weighted by molar-refractivity contribution is 0.110. The van der Waals surface area contributed by atoms with Crippen molar-refractivity contribution in [2.45, 2.75) is 0 Å². The van der Waals surface area contributed by atoms with Crippen molar-refractivity contribution in [3.63, 3.8) is 0 Å². The van der Waals surface area contributed by atoms with E-state index >= 15 is 0 Å². The molecule has 0 atom stereocenters. The Labute approximate surface area is 93.6 Å². The van der Waals surface area contributed by atoms with E-state index in [1.807, 2.05) is 28.9 Å². The summed E-state index contributed by atoms with van der Waals surface area (Å²) in [6.07, 6.45) is 0. The van der Waals surface area contributed by atoms with Crippen LogP contribution in [-0.2, 0) is 4.74 Å². The summed E-state index contributed by atoms with van der Waals surface area (Å²) in [7, 11) is 0. The third-order valence-electron chi connectivity index (χ3n) is 2.94. The van der Waals surface area contributed by atoms with E-state index in [-0.39, 0.29) is 0 Å². The van der Waals surface area contributed by atoms with Crippen LogP contribution in [0.4, 0.5) is 0 Å². The molecule has 3 rings (SSSR count). The maximum Gasteiger partial charge on any atom is 0.211 e. The summed E-state index contributed by atoms with van der Waals surface area (Å²) >= 11 is 0. The fourth-order valence-corrected chi connectivity index (χ4v) is 2.18. The fraction of sp³-hybridized carbons (Fsp3) is 0.333. The normalized spacial score (nSPS) is 16.9. The van der Waals surface area contributed by atoms with Crippen LogP contribution in [0.1, 0.15) is 0 Å². The molecule has 0 radical (unpaired) electrons. The number of fused-ring (bicyclic) bond motifs is 1. The number of para-hydroxylation sites is 1. The first-order valence-electron chi connectivity index (χ1n) is 5.49. The largest absolute Gasteiger partial charge is 0.493 e. The molecular formula is C12H14N2O2. The van der Waals surface area contributed by atoms with E-state index in [4.69, 9.17) is 4.74 Å². The zero-order chi connectivity index (χ0) is 11.0. The molecule has 1 aromatic carbocycles. The molecule has 1 aliphatic rings. The van der Waals surface area contributed by atoms with Gasteiger partial charge in [0.25, 0.3) is 0 Å². The zero-order valence-electron chi connectivity index (χ0n) is 8.97. The third-order valence-corrected chi connectivity index (χ3v) is 2.94. The molecule has 1 saturated heterocycles. The average Bonchev–Trinajstić information content (AvgIpc) is 2.66. The third kappa shape index (κ3) is 1.42. The van der Waals surface area contributed by atoms with Crippen LogP contribution in [0.25, 0.3) is 10.9 Å². The first kappa shape index (κ1) is 9.54. The summed E-state index contributed by atoms with van der Waals surface area (Å²) in [5.74, 6) is 0.295. The van der Waals surface area contributed by atoms with Crippen LogP contribution in [0.3, 0.4) is 0 Å². The van der Waals surface area contributed by atoms with E-state index in [0.29, 0.717) is 19.1 Å². The molecule has 4 heteroatoms. The molecule has 0 amide bonds. The molecule has 0 bridgehead atoms. The SMILES string of the molecule is Oc1cc2ccccc2n1N1CCOCC1. The molecule has 2 heterocycles. The molecule has 0 saturated carbocycles. The number of hydrogen-bond donors (Lipinski definition) is 1. The first-order chi connectivity index (χ1) is 7.86. The number of hydrogen-bond acceptors (Lipinski definition) is 3. The highest BCUT2D eigenvalue weighted by molar-refractivity contribution is 5.82. The van der Waals surface area contributed by atoms with Crippen molar-refractivity contribution < 1.29 is 9.84 Å². The molecule has 1 aliphatic heterocycles. The van der Waals surface area contributed by atoms with Gasteiger partial charge in [-0.1, -0.05) is 18.2 Å². The Balaban J connectivity index is 2.10. The standard InChI is InChI=1S/C12H14N2O2/c15-12-9-10-3-1-2-4-11(10)14(12)13-5-7-16-8-6-13/h1-4,9,15H,5-8H2. The number of benzene rings is 1. The van der Waals surface area contributed by atoms with Gasteiger partial charge in [0.05, 0.1) is 31.8 Å². The van der Waals surface area contributed by atoms with Gasteiger partial charge in [0.1, 0.15) is 0 Å². The first-order valence-corrected chi connectivity index (χ1v) is 5.49. The second kappa shape index (κ2) is 3.72. The van der Waals surface area contributed by atoms with E-state index in [1.54, 1.807) is 6.07 Å².